The van der Waals surface area contributed by atoms with E-state index in [1.54, 1.807) is 13.0 Å². The molecular formula is C21H28Cl2N6O2S. The van der Waals surface area contributed by atoms with Gasteiger partial charge in [0.2, 0.25) is 16.0 Å². The molecule has 0 spiro atoms. The van der Waals surface area contributed by atoms with Crippen LogP contribution in [0.4, 0.5) is 11.8 Å². The number of anilines is 2. The third kappa shape index (κ3) is 4.82. The van der Waals surface area contributed by atoms with E-state index in [1.807, 2.05) is 17.9 Å². The van der Waals surface area contributed by atoms with E-state index in [2.05, 4.69) is 21.8 Å². The lowest BCUT2D eigenvalue weighted by atomic mass is 10.2. The van der Waals surface area contributed by atoms with Crippen molar-refractivity contribution in [1.82, 2.24) is 19.2 Å². The van der Waals surface area contributed by atoms with Gasteiger partial charge in [0.05, 0.1) is 5.02 Å². The minimum Gasteiger partial charge on any atom is -0.354 e. The second-order valence-electron chi connectivity index (χ2n) is 8.38. The summed E-state index contributed by atoms with van der Waals surface area (Å²) < 4.78 is 27.9. The van der Waals surface area contributed by atoms with Gasteiger partial charge in [0.25, 0.3) is 0 Å². The lowest BCUT2D eigenvalue weighted by Crippen LogP contribution is -2.49. The fourth-order valence-electron chi connectivity index (χ4n) is 3.97. The van der Waals surface area contributed by atoms with Crippen molar-refractivity contribution < 1.29 is 8.42 Å². The zero-order valence-corrected chi connectivity index (χ0v) is 20.9. The topological polar surface area (TPSA) is 72.9 Å². The molecule has 0 amide bonds. The lowest BCUT2D eigenvalue weighted by Gasteiger charge is -2.36. The zero-order valence-electron chi connectivity index (χ0n) is 18.6. The standard InChI is InChI=1S/C21H28Cl2N6O2S/c1-15-12-19(18(23)14-17(15)22)32(30,31)29-10-8-28(9-11-29)21-24-16(2)13-20(25-21)27-6-4-26(3)5-7-27/h12-14H,4-11H2,1-3H3. The molecule has 2 aliphatic rings. The summed E-state index contributed by atoms with van der Waals surface area (Å²) in [5.41, 5.74) is 1.58. The van der Waals surface area contributed by atoms with E-state index in [-0.39, 0.29) is 9.92 Å². The number of sulfonamides is 1. The van der Waals surface area contributed by atoms with Crippen LogP contribution in [0, 0.1) is 13.8 Å². The molecule has 0 saturated carbocycles. The van der Waals surface area contributed by atoms with Gasteiger partial charge in [-0.05, 0) is 38.6 Å². The van der Waals surface area contributed by atoms with Gasteiger partial charge < -0.3 is 14.7 Å². The van der Waals surface area contributed by atoms with Gasteiger partial charge in [0.15, 0.2) is 0 Å². The number of hydrogen-bond donors (Lipinski definition) is 0. The van der Waals surface area contributed by atoms with Crippen LogP contribution in [0.15, 0.2) is 23.1 Å². The van der Waals surface area contributed by atoms with Crippen molar-refractivity contribution in [2.24, 2.45) is 0 Å². The van der Waals surface area contributed by atoms with E-state index >= 15 is 0 Å². The van der Waals surface area contributed by atoms with Crippen LogP contribution >= 0.6 is 23.2 Å². The molecule has 174 valence electrons. The Morgan fingerprint density at radius 1 is 0.812 bits per heavy atom. The van der Waals surface area contributed by atoms with Gasteiger partial charge in [-0.2, -0.15) is 9.29 Å². The molecule has 1 aromatic carbocycles. The summed E-state index contributed by atoms with van der Waals surface area (Å²) in [7, 11) is -1.59. The molecule has 2 fully saturated rings. The van der Waals surface area contributed by atoms with Crippen molar-refractivity contribution in [2.45, 2.75) is 18.7 Å². The number of benzene rings is 1. The molecule has 0 bridgehead atoms. The van der Waals surface area contributed by atoms with Crippen molar-refractivity contribution in [3.05, 3.63) is 39.5 Å². The maximum absolute atomic E-state index is 13.2. The monoisotopic (exact) mass is 498 g/mol. The summed E-state index contributed by atoms with van der Waals surface area (Å²) in [5, 5.41) is 0.591. The lowest BCUT2D eigenvalue weighted by molar-refractivity contribution is 0.312. The molecule has 8 nitrogen and oxygen atoms in total. The molecule has 11 heteroatoms. The van der Waals surface area contributed by atoms with E-state index in [4.69, 9.17) is 28.2 Å². The molecule has 2 aliphatic heterocycles. The van der Waals surface area contributed by atoms with Gasteiger partial charge >= 0.3 is 0 Å². The molecule has 4 rings (SSSR count). The number of aromatic nitrogens is 2. The molecular weight excluding hydrogens is 471 g/mol. The third-order valence-electron chi connectivity index (χ3n) is 6.01. The number of piperazine rings is 2. The van der Waals surface area contributed by atoms with Crippen LogP contribution < -0.4 is 9.80 Å². The Kier molecular flexibility index (Phi) is 6.84. The fourth-order valence-corrected chi connectivity index (χ4v) is 6.20. The predicted molar refractivity (Wildman–Crippen MR) is 129 cm³/mol. The Morgan fingerprint density at radius 3 is 2.09 bits per heavy atom. The quantitative estimate of drug-likeness (QED) is 0.641. The molecule has 0 N–H and O–H groups in total. The van der Waals surface area contributed by atoms with E-state index in [1.165, 1.54) is 10.4 Å². The second kappa shape index (κ2) is 9.30. The third-order valence-corrected chi connectivity index (χ3v) is 8.78. The van der Waals surface area contributed by atoms with Gasteiger partial charge in [-0.1, -0.05) is 23.2 Å². The summed E-state index contributed by atoms with van der Waals surface area (Å²) in [6, 6.07) is 5.04. The van der Waals surface area contributed by atoms with Crippen molar-refractivity contribution in [2.75, 3.05) is 69.2 Å². The van der Waals surface area contributed by atoms with Crippen LogP contribution in [0.3, 0.4) is 0 Å². The highest BCUT2D eigenvalue weighted by Crippen LogP contribution is 2.31. The summed E-state index contributed by atoms with van der Waals surface area (Å²) in [4.78, 5) is 16.2. The smallest absolute Gasteiger partial charge is 0.244 e. The first-order chi connectivity index (χ1) is 15.1. The number of halogens is 2. The predicted octanol–water partition coefficient (Wildman–Crippen LogP) is 2.66. The van der Waals surface area contributed by atoms with Gasteiger partial charge in [0.1, 0.15) is 10.7 Å². The van der Waals surface area contributed by atoms with Crippen LogP contribution in [0.5, 0.6) is 0 Å². The Bertz CT molecular complexity index is 1100. The average molecular weight is 499 g/mol. The highest BCUT2D eigenvalue weighted by Gasteiger charge is 2.31. The van der Waals surface area contributed by atoms with E-state index in [0.29, 0.717) is 42.7 Å². The Balaban J connectivity index is 1.49. The highest BCUT2D eigenvalue weighted by atomic mass is 35.5. The zero-order chi connectivity index (χ0) is 23.0. The molecule has 2 aromatic rings. The largest absolute Gasteiger partial charge is 0.354 e. The second-order valence-corrected chi connectivity index (χ2v) is 11.1. The van der Waals surface area contributed by atoms with Crippen molar-refractivity contribution in [3.8, 4) is 0 Å². The minimum absolute atomic E-state index is 0.0960. The Hall–Kier alpha value is -1.65. The average Bonchev–Trinajstić information content (AvgIpc) is 2.76. The van der Waals surface area contributed by atoms with Gasteiger partial charge in [0, 0.05) is 69.1 Å². The van der Waals surface area contributed by atoms with Crippen LogP contribution in [-0.4, -0.2) is 87.0 Å². The van der Waals surface area contributed by atoms with Crippen LogP contribution in [-0.2, 0) is 10.0 Å². The first kappa shape index (κ1) is 23.5. The first-order valence-electron chi connectivity index (χ1n) is 10.6. The summed E-state index contributed by atoms with van der Waals surface area (Å²) in [6.45, 7) is 9.29. The summed E-state index contributed by atoms with van der Waals surface area (Å²) in [5.74, 6) is 1.58. The number of nitrogens with zero attached hydrogens (tertiary/aromatic N) is 6. The number of hydrogen-bond acceptors (Lipinski definition) is 7. The van der Waals surface area contributed by atoms with Crippen molar-refractivity contribution in [1.29, 1.82) is 0 Å². The maximum Gasteiger partial charge on any atom is 0.244 e. The van der Waals surface area contributed by atoms with Gasteiger partial charge in [-0.25, -0.2) is 13.4 Å². The van der Waals surface area contributed by atoms with Crippen LogP contribution in [0.25, 0.3) is 0 Å². The Labute approximate surface area is 199 Å². The summed E-state index contributed by atoms with van der Waals surface area (Å²) >= 11 is 12.3. The molecule has 32 heavy (non-hydrogen) atoms. The molecule has 0 unspecified atom stereocenters. The van der Waals surface area contributed by atoms with Gasteiger partial charge in [-0.15, -0.1) is 0 Å². The molecule has 3 heterocycles. The van der Waals surface area contributed by atoms with E-state index in [9.17, 15) is 8.42 Å². The number of aryl methyl sites for hydroxylation is 2. The summed E-state index contributed by atoms with van der Waals surface area (Å²) in [6.07, 6.45) is 0. The number of rotatable bonds is 4. The number of likely N-dealkylation sites (N-methyl/N-ethyl adjacent to an activating group) is 1. The molecule has 0 atom stereocenters. The molecule has 0 aliphatic carbocycles. The van der Waals surface area contributed by atoms with Gasteiger partial charge in [-0.3, -0.25) is 0 Å². The normalized spacial score (nSPS) is 18.9. The van der Waals surface area contributed by atoms with Crippen LogP contribution in [0.2, 0.25) is 10.0 Å². The first-order valence-corrected chi connectivity index (χ1v) is 12.8. The maximum atomic E-state index is 13.2. The minimum atomic E-state index is -3.71. The van der Waals surface area contributed by atoms with Crippen LogP contribution in [0.1, 0.15) is 11.3 Å². The fraction of sp³-hybridized carbons (Fsp3) is 0.524. The van der Waals surface area contributed by atoms with E-state index in [0.717, 1.165) is 37.7 Å². The molecule has 0 radical (unpaired) electrons. The highest BCUT2D eigenvalue weighted by molar-refractivity contribution is 7.89. The van der Waals surface area contributed by atoms with Crippen molar-refractivity contribution in [3.63, 3.8) is 0 Å². The molecule has 1 aromatic heterocycles. The van der Waals surface area contributed by atoms with Crippen molar-refractivity contribution >= 4 is 45.0 Å². The molecule has 2 saturated heterocycles. The van der Waals surface area contributed by atoms with E-state index < -0.39 is 10.0 Å². The SMILES string of the molecule is Cc1cc(N2CCN(C)CC2)nc(N2CCN(S(=O)(=O)c3cc(C)c(Cl)cc3Cl)CC2)n1. The Morgan fingerprint density at radius 2 is 1.44 bits per heavy atom.